The number of H-pyrrole nitrogens is 1. The molecule has 1 N–H and O–H groups in total. The van der Waals surface area contributed by atoms with Gasteiger partial charge in [0.2, 0.25) is 0 Å². The Morgan fingerprint density at radius 2 is 2.27 bits per heavy atom. The van der Waals surface area contributed by atoms with Crippen LogP contribution in [-0.4, -0.2) is 44.0 Å². The number of aromatic nitrogens is 1. The first-order chi connectivity index (χ1) is 10.8. The molecule has 118 valence electrons. The topological polar surface area (TPSA) is 19.0 Å². The number of hydrogen-bond acceptors (Lipinski definition) is 1. The van der Waals surface area contributed by atoms with E-state index >= 15 is 0 Å². The zero-order chi connectivity index (χ0) is 15.1. The molecule has 3 atom stereocenters. The molecule has 3 heteroatoms. The molecule has 0 amide bonds. The zero-order valence-electron chi connectivity index (χ0n) is 13.6. The second-order valence-electron chi connectivity index (χ2n) is 7.01. The third kappa shape index (κ3) is 2.35. The molecule has 1 unspecified atom stereocenters. The van der Waals surface area contributed by atoms with Crippen LogP contribution in [0.4, 0.5) is 0 Å². The Morgan fingerprint density at radius 3 is 3.09 bits per heavy atom. The van der Waals surface area contributed by atoms with Gasteiger partial charge >= 0.3 is 140 Å². The SMILES string of the molecule is CCCN1C[C@H](C[Se]C)CC2c3cccc4[nH]cc(c34)C[C@H]21. The Hall–Kier alpha value is -0.761. The van der Waals surface area contributed by atoms with E-state index in [1.807, 2.05) is 0 Å². The Balaban J connectivity index is 1.75. The van der Waals surface area contributed by atoms with Crippen molar-refractivity contribution >= 4 is 25.9 Å². The van der Waals surface area contributed by atoms with Crippen molar-refractivity contribution in [2.45, 2.75) is 49.3 Å². The quantitative estimate of drug-likeness (QED) is 0.813. The second-order valence-corrected chi connectivity index (χ2v) is 8.92. The fraction of sp³-hybridized carbons (Fsp3) is 0.579. The molecule has 2 nitrogen and oxygen atoms in total. The van der Waals surface area contributed by atoms with Crippen LogP contribution in [0.5, 0.6) is 0 Å². The minimum absolute atomic E-state index is 0.731. The summed E-state index contributed by atoms with van der Waals surface area (Å²) in [7, 11) is 0. The van der Waals surface area contributed by atoms with Crippen molar-refractivity contribution < 1.29 is 0 Å². The average Bonchev–Trinajstić information content (AvgIpc) is 2.94. The molecule has 1 aromatic carbocycles. The molecule has 1 fully saturated rings. The number of benzene rings is 1. The fourth-order valence-corrected chi connectivity index (χ4v) is 6.30. The molecule has 1 aliphatic heterocycles. The van der Waals surface area contributed by atoms with Gasteiger partial charge in [-0.1, -0.05) is 0 Å². The van der Waals surface area contributed by atoms with Gasteiger partial charge < -0.3 is 0 Å². The van der Waals surface area contributed by atoms with Gasteiger partial charge in [-0.25, -0.2) is 0 Å². The third-order valence-corrected chi connectivity index (χ3v) is 7.26. The van der Waals surface area contributed by atoms with E-state index in [9.17, 15) is 0 Å². The van der Waals surface area contributed by atoms with Gasteiger partial charge in [0.25, 0.3) is 0 Å². The summed E-state index contributed by atoms with van der Waals surface area (Å²) in [6, 6.07) is 7.62. The predicted octanol–water partition coefficient (Wildman–Crippen LogP) is 4.08. The summed E-state index contributed by atoms with van der Waals surface area (Å²) >= 11 is 0.801. The van der Waals surface area contributed by atoms with Crippen molar-refractivity contribution in [1.29, 1.82) is 0 Å². The van der Waals surface area contributed by atoms with E-state index < -0.39 is 0 Å². The molecule has 2 aliphatic rings. The van der Waals surface area contributed by atoms with E-state index in [2.05, 4.69) is 47.0 Å². The standard InChI is InChI=1S/C19H26N2Se/c1-3-7-21-11-13(12-22-2)8-16-15-5-4-6-17-19(15)14(10-20-17)9-18(16)21/h4-6,10,13,16,18,20H,3,7-9,11-12H2,1-2H3/t13-,16?,18-/m1/s1. The van der Waals surface area contributed by atoms with Crippen molar-refractivity contribution in [3.63, 3.8) is 0 Å². The summed E-state index contributed by atoms with van der Waals surface area (Å²) in [6.45, 7) is 4.93. The van der Waals surface area contributed by atoms with Gasteiger partial charge in [0.05, 0.1) is 0 Å². The minimum atomic E-state index is 0.731. The summed E-state index contributed by atoms with van der Waals surface area (Å²) in [6.07, 6.45) is 6.18. The first-order valence-corrected chi connectivity index (χ1v) is 11.6. The van der Waals surface area contributed by atoms with Gasteiger partial charge in [0.15, 0.2) is 0 Å². The van der Waals surface area contributed by atoms with Crippen molar-refractivity contribution in [1.82, 2.24) is 9.88 Å². The first-order valence-electron chi connectivity index (χ1n) is 8.63. The molecule has 2 aromatic rings. The first kappa shape index (κ1) is 14.8. The molecular formula is C19H26N2Se. The van der Waals surface area contributed by atoms with E-state index in [1.165, 1.54) is 43.2 Å². The number of nitrogens with one attached hydrogen (secondary N) is 1. The van der Waals surface area contributed by atoms with Crippen LogP contribution in [0.25, 0.3) is 10.9 Å². The van der Waals surface area contributed by atoms with Crippen LogP contribution >= 0.6 is 0 Å². The Bertz CT molecular complexity index is 662. The van der Waals surface area contributed by atoms with Gasteiger partial charge in [-0.2, -0.15) is 0 Å². The van der Waals surface area contributed by atoms with E-state index in [0.29, 0.717) is 0 Å². The van der Waals surface area contributed by atoms with E-state index in [4.69, 9.17) is 0 Å². The molecule has 22 heavy (non-hydrogen) atoms. The van der Waals surface area contributed by atoms with Gasteiger partial charge in [0, 0.05) is 0 Å². The number of likely N-dealkylation sites (tertiary alicyclic amines) is 1. The van der Waals surface area contributed by atoms with E-state index in [1.54, 1.807) is 16.5 Å². The molecule has 1 saturated heterocycles. The molecule has 0 bridgehead atoms. The number of piperidine rings is 1. The van der Waals surface area contributed by atoms with Crippen LogP contribution in [0.1, 0.15) is 36.8 Å². The summed E-state index contributed by atoms with van der Waals surface area (Å²) in [5.41, 5.74) is 4.51. The van der Waals surface area contributed by atoms with Crippen LogP contribution in [0.2, 0.25) is 11.1 Å². The van der Waals surface area contributed by atoms with Crippen molar-refractivity contribution in [2.75, 3.05) is 13.1 Å². The van der Waals surface area contributed by atoms with E-state index in [0.717, 1.165) is 32.8 Å². The number of fused-ring (bicyclic) bond motifs is 2. The maximum atomic E-state index is 3.50. The van der Waals surface area contributed by atoms with Crippen molar-refractivity contribution in [3.8, 4) is 0 Å². The average molecular weight is 361 g/mol. The molecule has 0 saturated carbocycles. The molecule has 1 aliphatic carbocycles. The van der Waals surface area contributed by atoms with E-state index in [-0.39, 0.29) is 0 Å². The van der Waals surface area contributed by atoms with Gasteiger partial charge in [0.1, 0.15) is 0 Å². The predicted molar refractivity (Wildman–Crippen MR) is 94.9 cm³/mol. The normalized spacial score (nSPS) is 28.0. The Morgan fingerprint density at radius 1 is 1.36 bits per heavy atom. The fourth-order valence-electron chi connectivity index (χ4n) is 4.80. The molecule has 0 radical (unpaired) electrons. The van der Waals surface area contributed by atoms with Crippen LogP contribution in [0.3, 0.4) is 0 Å². The van der Waals surface area contributed by atoms with Crippen LogP contribution in [-0.2, 0) is 6.42 Å². The second kappa shape index (κ2) is 6.03. The Labute approximate surface area is 139 Å². The van der Waals surface area contributed by atoms with Gasteiger partial charge in [-0.05, 0) is 0 Å². The van der Waals surface area contributed by atoms with Crippen LogP contribution in [0, 0.1) is 5.92 Å². The maximum absolute atomic E-state index is 3.50. The van der Waals surface area contributed by atoms with Crippen molar-refractivity contribution in [3.05, 3.63) is 35.5 Å². The summed E-state index contributed by atoms with van der Waals surface area (Å²) in [5.74, 6) is 4.06. The van der Waals surface area contributed by atoms with Gasteiger partial charge in [-0.15, -0.1) is 0 Å². The number of aromatic amines is 1. The van der Waals surface area contributed by atoms with Crippen molar-refractivity contribution in [2.24, 2.45) is 5.92 Å². The molecule has 0 spiro atoms. The Kier molecular flexibility index (Phi) is 4.06. The molecular weight excluding hydrogens is 335 g/mol. The zero-order valence-corrected chi connectivity index (χ0v) is 15.4. The number of hydrogen-bond donors (Lipinski definition) is 1. The summed E-state index contributed by atoms with van der Waals surface area (Å²) in [5, 5.41) is 3.00. The summed E-state index contributed by atoms with van der Waals surface area (Å²) < 4.78 is 0. The third-order valence-electron chi connectivity index (χ3n) is 5.57. The monoisotopic (exact) mass is 362 g/mol. The molecule has 1 aromatic heterocycles. The van der Waals surface area contributed by atoms with Gasteiger partial charge in [-0.3, -0.25) is 0 Å². The molecule has 2 heterocycles. The molecule has 4 rings (SSSR count). The number of nitrogens with zero attached hydrogens (tertiary/aromatic N) is 1. The van der Waals surface area contributed by atoms with Crippen LogP contribution in [0.15, 0.2) is 24.4 Å². The number of rotatable bonds is 4. The van der Waals surface area contributed by atoms with Crippen LogP contribution < -0.4 is 0 Å². The summed E-state index contributed by atoms with van der Waals surface area (Å²) in [4.78, 5) is 6.32.